The van der Waals surface area contributed by atoms with Crippen molar-refractivity contribution in [3.05, 3.63) is 29.8 Å². The number of benzene rings is 1. The zero-order chi connectivity index (χ0) is 17.5. The van der Waals surface area contributed by atoms with E-state index < -0.39 is 12.2 Å². The number of nitrogens with one attached hydrogen (secondary N) is 2. The van der Waals surface area contributed by atoms with E-state index in [2.05, 4.69) is 10.6 Å². The Balaban J connectivity index is 1.88. The largest absolute Gasteiger partial charge is 0.497 e. The standard InChI is InChI=1S/C18H28N2O4/c1-12(2)19-9-8-17(22)24-18-15(20-11-16(18)21)10-13-4-6-14(23-3)7-5-13/h4-7,12,15-16,18-21H,8-11H2,1-3H3/t15-,16+,18+/m1/s1. The number of methoxy groups -OCH3 is 1. The lowest BCUT2D eigenvalue weighted by molar-refractivity contribution is -0.153. The average Bonchev–Trinajstić information content (AvgIpc) is 2.88. The van der Waals surface area contributed by atoms with E-state index in [1.807, 2.05) is 38.1 Å². The van der Waals surface area contributed by atoms with E-state index in [0.717, 1.165) is 11.3 Å². The molecule has 3 atom stereocenters. The highest BCUT2D eigenvalue weighted by molar-refractivity contribution is 5.70. The van der Waals surface area contributed by atoms with Crippen molar-refractivity contribution in [2.75, 3.05) is 20.2 Å². The first-order chi connectivity index (χ1) is 11.5. The fourth-order valence-corrected chi connectivity index (χ4v) is 2.81. The Morgan fingerprint density at radius 1 is 1.38 bits per heavy atom. The molecule has 0 aliphatic carbocycles. The number of rotatable bonds is 8. The first-order valence-corrected chi connectivity index (χ1v) is 8.47. The van der Waals surface area contributed by atoms with Crippen molar-refractivity contribution in [1.82, 2.24) is 10.6 Å². The topological polar surface area (TPSA) is 79.8 Å². The second-order valence-corrected chi connectivity index (χ2v) is 6.45. The molecule has 0 aromatic heterocycles. The summed E-state index contributed by atoms with van der Waals surface area (Å²) in [4.78, 5) is 12.0. The number of aliphatic hydroxyl groups is 1. The van der Waals surface area contributed by atoms with Gasteiger partial charge in [0.2, 0.25) is 0 Å². The highest BCUT2D eigenvalue weighted by atomic mass is 16.6. The maximum absolute atomic E-state index is 12.0. The molecule has 0 radical (unpaired) electrons. The summed E-state index contributed by atoms with van der Waals surface area (Å²) in [7, 11) is 1.63. The van der Waals surface area contributed by atoms with Crippen molar-refractivity contribution < 1.29 is 19.4 Å². The monoisotopic (exact) mass is 336 g/mol. The van der Waals surface area contributed by atoms with Gasteiger partial charge >= 0.3 is 5.97 Å². The van der Waals surface area contributed by atoms with Gasteiger partial charge in [-0.05, 0) is 24.1 Å². The molecule has 1 aromatic carbocycles. The van der Waals surface area contributed by atoms with Gasteiger partial charge in [0.25, 0.3) is 0 Å². The quantitative estimate of drug-likeness (QED) is 0.612. The zero-order valence-corrected chi connectivity index (χ0v) is 14.6. The normalized spacial score (nSPS) is 23.5. The third kappa shape index (κ3) is 5.47. The van der Waals surface area contributed by atoms with Gasteiger partial charge in [0.05, 0.1) is 19.6 Å². The van der Waals surface area contributed by atoms with Gasteiger partial charge in [-0.2, -0.15) is 0 Å². The number of aliphatic hydroxyl groups excluding tert-OH is 1. The number of esters is 1. The number of hydrogen-bond donors (Lipinski definition) is 3. The fourth-order valence-electron chi connectivity index (χ4n) is 2.81. The molecular weight excluding hydrogens is 308 g/mol. The third-order valence-corrected chi connectivity index (χ3v) is 4.13. The predicted octanol–water partition coefficient (Wildman–Crippen LogP) is 0.870. The SMILES string of the molecule is COc1ccc(C[C@H]2NC[C@H](O)[C@H]2OC(=O)CCNC(C)C)cc1. The lowest BCUT2D eigenvalue weighted by Crippen LogP contribution is -2.39. The van der Waals surface area contributed by atoms with Crippen LogP contribution in [0.25, 0.3) is 0 Å². The second kappa shape index (κ2) is 9.01. The summed E-state index contributed by atoms with van der Waals surface area (Å²) < 4.78 is 10.7. The highest BCUT2D eigenvalue weighted by Crippen LogP contribution is 2.19. The van der Waals surface area contributed by atoms with E-state index in [0.29, 0.717) is 32.0 Å². The Labute approximate surface area is 143 Å². The predicted molar refractivity (Wildman–Crippen MR) is 92.1 cm³/mol. The molecule has 24 heavy (non-hydrogen) atoms. The van der Waals surface area contributed by atoms with Crippen LogP contribution < -0.4 is 15.4 Å². The molecule has 1 aliphatic rings. The Bertz CT molecular complexity index is 518. The van der Waals surface area contributed by atoms with Gasteiger partial charge in [0.1, 0.15) is 18.0 Å². The van der Waals surface area contributed by atoms with E-state index >= 15 is 0 Å². The lowest BCUT2D eigenvalue weighted by atomic mass is 10.0. The number of ether oxygens (including phenoxy) is 2. The molecule has 134 valence electrons. The van der Waals surface area contributed by atoms with Gasteiger partial charge in [-0.25, -0.2) is 0 Å². The van der Waals surface area contributed by atoms with Crippen LogP contribution >= 0.6 is 0 Å². The smallest absolute Gasteiger partial charge is 0.307 e. The van der Waals surface area contributed by atoms with E-state index in [1.165, 1.54) is 0 Å². The van der Waals surface area contributed by atoms with Gasteiger partial charge in [-0.1, -0.05) is 26.0 Å². The van der Waals surface area contributed by atoms with Crippen LogP contribution in [0, 0.1) is 0 Å². The van der Waals surface area contributed by atoms with Gasteiger partial charge in [-0.3, -0.25) is 4.79 Å². The minimum absolute atomic E-state index is 0.0876. The zero-order valence-electron chi connectivity index (χ0n) is 14.6. The summed E-state index contributed by atoms with van der Waals surface area (Å²) in [5.74, 6) is 0.523. The van der Waals surface area contributed by atoms with Crippen LogP contribution in [0.4, 0.5) is 0 Å². The van der Waals surface area contributed by atoms with Crippen molar-refractivity contribution in [3.63, 3.8) is 0 Å². The molecule has 3 N–H and O–H groups in total. The Kier molecular flexibility index (Phi) is 7.02. The number of carbonyl (C=O) groups excluding carboxylic acids is 1. The maximum Gasteiger partial charge on any atom is 0.307 e. The van der Waals surface area contributed by atoms with Crippen LogP contribution in [0.2, 0.25) is 0 Å². The molecule has 1 aliphatic heterocycles. The molecular formula is C18H28N2O4. The van der Waals surface area contributed by atoms with Crippen LogP contribution in [0.1, 0.15) is 25.8 Å². The van der Waals surface area contributed by atoms with Crippen LogP contribution in [0.3, 0.4) is 0 Å². The minimum Gasteiger partial charge on any atom is -0.497 e. The second-order valence-electron chi connectivity index (χ2n) is 6.45. The molecule has 1 fully saturated rings. The molecule has 1 saturated heterocycles. The molecule has 6 nitrogen and oxygen atoms in total. The minimum atomic E-state index is -0.671. The Morgan fingerprint density at radius 3 is 2.71 bits per heavy atom. The van der Waals surface area contributed by atoms with E-state index in [-0.39, 0.29) is 12.0 Å². The summed E-state index contributed by atoms with van der Waals surface area (Å²) >= 11 is 0. The molecule has 0 saturated carbocycles. The third-order valence-electron chi connectivity index (χ3n) is 4.13. The van der Waals surface area contributed by atoms with Gasteiger partial charge in [-0.15, -0.1) is 0 Å². The van der Waals surface area contributed by atoms with Gasteiger partial charge < -0.3 is 25.2 Å². The van der Waals surface area contributed by atoms with Crippen LogP contribution in [-0.2, 0) is 16.0 Å². The molecule has 1 heterocycles. The van der Waals surface area contributed by atoms with E-state index in [9.17, 15) is 9.90 Å². The van der Waals surface area contributed by atoms with Gasteiger partial charge in [0.15, 0.2) is 0 Å². The highest BCUT2D eigenvalue weighted by Gasteiger charge is 2.37. The molecule has 0 amide bonds. The molecule has 0 unspecified atom stereocenters. The van der Waals surface area contributed by atoms with E-state index in [1.54, 1.807) is 7.11 Å². The van der Waals surface area contributed by atoms with Crippen molar-refractivity contribution in [1.29, 1.82) is 0 Å². The van der Waals surface area contributed by atoms with Crippen molar-refractivity contribution in [2.24, 2.45) is 0 Å². The Morgan fingerprint density at radius 2 is 2.08 bits per heavy atom. The molecule has 0 bridgehead atoms. The maximum atomic E-state index is 12.0. The molecule has 0 spiro atoms. The molecule has 6 heteroatoms. The first kappa shape index (κ1) is 18.7. The number of β-amino-alcohol motifs (C(OH)–C–C–N with tert-alkyl or cyclic N) is 1. The molecule has 1 aromatic rings. The average molecular weight is 336 g/mol. The Hall–Kier alpha value is -1.63. The van der Waals surface area contributed by atoms with E-state index in [4.69, 9.17) is 9.47 Å². The van der Waals surface area contributed by atoms with Crippen LogP contribution in [0.15, 0.2) is 24.3 Å². The van der Waals surface area contributed by atoms with Crippen LogP contribution in [-0.4, -0.2) is 55.6 Å². The molecule has 2 rings (SSSR count). The van der Waals surface area contributed by atoms with Crippen LogP contribution in [0.5, 0.6) is 5.75 Å². The summed E-state index contributed by atoms with van der Waals surface area (Å²) in [6, 6.07) is 8.01. The summed E-state index contributed by atoms with van der Waals surface area (Å²) in [6.07, 6.45) is -0.200. The fraction of sp³-hybridized carbons (Fsp3) is 0.611. The number of carbonyl (C=O) groups is 1. The van der Waals surface area contributed by atoms with Crippen molar-refractivity contribution in [3.8, 4) is 5.75 Å². The summed E-state index contributed by atoms with van der Waals surface area (Å²) in [5, 5.41) is 16.5. The summed E-state index contributed by atoms with van der Waals surface area (Å²) in [6.45, 7) is 5.07. The lowest BCUT2D eigenvalue weighted by Gasteiger charge is -2.22. The van der Waals surface area contributed by atoms with Crippen molar-refractivity contribution >= 4 is 5.97 Å². The first-order valence-electron chi connectivity index (χ1n) is 8.47. The summed E-state index contributed by atoms with van der Waals surface area (Å²) in [5.41, 5.74) is 1.10. The van der Waals surface area contributed by atoms with Gasteiger partial charge in [0, 0.05) is 19.1 Å². The van der Waals surface area contributed by atoms with Crippen molar-refractivity contribution in [2.45, 2.75) is 51.0 Å². The number of hydrogen-bond acceptors (Lipinski definition) is 6.